The number of hydrogen-bond acceptors (Lipinski definition) is 2. The number of ether oxygens (including phenoxy) is 1. The Morgan fingerprint density at radius 1 is 1.73 bits per heavy atom. The highest BCUT2D eigenvalue weighted by Crippen LogP contribution is 2.29. The van der Waals surface area contributed by atoms with Crippen LogP contribution < -0.4 is 0 Å². The zero-order valence-electron chi connectivity index (χ0n) is 6.89. The summed E-state index contributed by atoms with van der Waals surface area (Å²) in [5.41, 5.74) is -0.0947. The lowest BCUT2D eigenvalue weighted by Gasteiger charge is -2.17. The Morgan fingerprint density at radius 2 is 2.36 bits per heavy atom. The molecule has 3 heteroatoms. The summed E-state index contributed by atoms with van der Waals surface area (Å²) < 4.78 is 5.52. The van der Waals surface area contributed by atoms with E-state index in [1.807, 2.05) is 13.8 Å². The van der Waals surface area contributed by atoms with E-state index in [2.05, 4.69) is 15.9 Å². The van der Waals surface area contributed by atoms with Crippen molar-refractivity contribution in [2.75, 3.05) is 5.33 Å². The van der Waals surface area contributed by atoms with Crippen LogP contribution in [-0.2, 0) is 9.53 Å². The molecule has 0 aromatic rings. The average molecular weight is 221 g/mol. The molecular formula is C8H13BrO2. The number of halogens is 1. The molecule has 0 aromatic carbocycles. The van der Waals surface area contributed by atoms with Crippen LogP contribution in [0.15, 0.2) is 0 Å². The van der Waals surface area contributed by atoms with Gasteiger partial charge < -0.3 is 4.74 Å². The van der Waals surface area contributed by atoms with Gasteiger partial charge in [0.2, 0.25) is 0 Å². The van der Waals surface area contributed by atoms with Crippen LogP contribution in [0.2, 0.25) is 0 Å². The molecule has 1 aliphatic heterocycles. The van der Waals surface area contributed by atoms with Crippen molar-refractivity contribution in [1.29, 1.82) is 0 Å². The Bertz CT molecular complexity index is 165. The van der Waals surface area contributed by atoms with Crippen molar-refractivity contribution in [3.05, 3.63) is 0 Å². The molecule has 0 aromatic heterocycles. The lowest BCUT2D eigenvalue weighted by Crippen LogP contribution is -2.26. The van der Waals surface area contributed by atoms with Gasteiger partial charge in [0.15, 0.2) is 5.78 Å². The fraction of sp³-hybridized carbons (Fsp3) is 0.875. The van der Waals surface area contributed by atoms with Crippen molar-refractivity contribution < 1.29 is 9.53 Å². The van der Waals surface area contributed by atoms with E-state index in [0.29, 0.717) is 5.33 Å². The first-order chi connectivity index (χ1) is 5.05. The Kier molecular flexibility index (Phi) is 2.70. The summed E-state index contributed by atoms with van der Waals surface area (Å²) in [5, 5.41) is 0.410. The van der Waals surface area contributed by atoms with Gasteiger partial charge in [0, 0.05) is 0 Å². The van der Waals surface area contributed by atoms with Gasteiger partial charge in [0.25, 0.3) is 0 Å². The second-order valence-corrected chi connectivity index (χ2v) is 4.07. The summed E-state index contributed by atoms with van der Waals surface area (Å²) in [6.07, 6.45) is 1.69. The molecule has 1 unspecified atom stereocenters. The Balaban J connectivity index is 2.48. The Morgan fingerprint density at radius 3 is 2.73 bits per heavy atom. The number of carbonyl (C=O) groups excluding carboxylic acids is 1. The van der Waals surface area contributed by atoms with Crippen LogP contribution in [-0.4, -0.2) is 22.8 Å². The standard InChI is InChI=1S/C8H13BrO2/c1-8(2)4-3-7(11-8)6(10)5-9/h7H,3-5H2,1-2H3. The summed E-state index contributed by atoms with van der Waals surface area (Å²) in [6, 6.07) is 0. The van der Waals surface area contributed by atoms with Crippen LogP contribution in [0.25, 0.3) is 0 Å². The van der Waals surface area contributed by atoms with Crippen molar-refractivity contribution in [3.63, 3.8) is 0 Å². The predicted octanol–water partition coefficient (Wildman–Crippen LogP) is 1.91. The first-order valence-corrected chi connectivity index (χ1v) is 4.94. The molecule has 1 aliphatic rings. The maximum Gasteiger partial charge on any atom is 0.172 e. The second kappa shape index (κ2) is 3.23. The van der Waals surface area contributed by atoms with E-state index >= 15 is 0 Å². The molecule has 0 N–H and O–H groups in total. The number of Topliss-reactive ketones (excluding diaryl/α,β-unsaturated/α-hetero) is 1. The largest absolute Gasteiger partial charge is 0.365 e. The van der Waals surface area contributed by atoms with Crippen LogP contribution >= 0.6 is 15.9 Å². The van der Waals surface area contributed by atoms with E-state index in [9.17, 15) is 4.79 Å². The molecule has 1 heterocycles. The molecule has 0 bridgehead atoms. The molecule has 11 heavy (non-hydrogen) atoms. The quantitative estimate of drug-likeness (QED) is 0.665. The van der Waals surface area contributed by atoms with Crippen LogP contribution in [0, 0.1) is 0 Å². The van der Waals surface area contributed by atoms with Crippen LogP contribution in [0.3, 0.4) is 0 Å². The zero-order chi connectivity index (χ0) is 8.48. The van der Waals surface area contributed by atoms with E-state index in [0.717, 1.165) is 12.8 Å². The van der Waals surface area contributed by atoms with Crippen molar-refractivity contribution in [3.8, 4) is 0 Å². The normalized spacial score (nSPS) is 28.8. The number of alkyl halides is 1. The van der Waals surface area contributed by atoms with Crippen molar-refractivity contribution in [1.82, 2.24) is 0 Å². The van der Waals surface area contributed by atoms with Gasteiger partial charge in [-0.15, -0.1) is 0 Å². The molecule has 0 spiro atoms. The smallest absolute Gasteiger partial charge is 0.172 e. The number of ketones is 1. The fourth-order valence-electron chi connectivity index (χ4n) is 1.29. The van der Waals surface area contributed by atoms with Crippen molar-refractivity contribution in [2.24, 2.45) is 0 Å². The van der Waals surface area contributed by atoms with Gasteiger partial charge in [0.05, 0.1) is 10.9 Å². The van der Waals surface area contributed by atoms with E-state index < -0.39 is 0 Å². The molecule has 0 amide bonds. The highest BCUT2D eigenvalue weighted by atomic mass is 79.9. The highest BCUT2D eigenvalue weighted by Gasteiger charge is 2.34. The minimum Gasteiger partial charge on any atom is -0.365 e. The van der Waals surface area contributed by atoms with Gasteiger partial charge in [-0.2, -0.15) is 0 Å². The summed E-state index contributed by atoms with van der Waals surface area (Å²) in [7, 11) is 0. The molecule has 1 saturated heterocycles. The summed E-state index contributed by atoms with van der Waals surface area (Å²) in [4.78, 5) is 11.1. The van der Waals surface area contributed by atoms with Crippen molar-refractivity contribution in [2.45, 2.75) is 38.4 Å². The Hall–Kier alpha value is 0.110. The van der Waals surface area contributed by atoms with Crippen LogP contribution in [0.4, 0.5) is 0 Å². The molecule has 1 atom stereocenters. The van der Waals surface area contributed by atoms with Gasteiger partial charge >= 0.3 is 0 Å². The maximum atomic E-state index is 11.1. The van der Waals surface area contributed by atoms with Crippen molar-refractivity contribution >= 4 is 21.7 Å². The third kappa shape index (κ3) is 2.27. The van der Waals surface area contributed by atoms with E-state index in [-0.39, 0.29) is 17.5 Å². The molecule has 2 nitrogen and oxygen atoms in total. The monoisotopic (exact) mass is 220 g/mol. The summed E-state index contributed by atoms with van der Waals surface area (Å²) >= 11 is 3.13. The molecule has 0 aliphatic carbocycles. The number of rotatable bonds is 2. The minimum atomic E-state index is -0.163. The average Bonchev–Trinajstić information content (AvgIpc) is 2.29. The van der Waals surface area contributed by atoms with Crippen LogP contribution in [0.5, 0.6) is 0 Å². The van der Waals surface area contributed by atoms with Gasteiger partial charge in [-0.05, 0) is 26.7 Å². The minimum absolute atomic E-state index is 0.0947. The second-order valence-electron chi connectivity index (χ2n) is 3.50. The molecule has 1 rings (SSSR count). The molecular weight excluding hydrogens is 208 g/mol. The number of carbonyl (C=O) groups is 1. The van der Waals surface area contributed by atoms with Gasteiger partial charge in [-0.3, -0.25) is 4.79 Å². The van der Waals surface area contributed by atoms with Gasteiger partial charge in [-0.1, -0.05) is 15.9 Å². The fourth-order valence-corrected chi connectivity index (χ4v) is 1.66. The maximum absolute atomic E-state index is 11.1. The Labute approximate surface area is 75.4 Å². The summed E-state index contributed by atoms with van der Waals surface area (Å²) in [5.74, 6) is 0.163. The van der Waals surface area contributed by atoms with E-state index in [1.165, 1.54) is 0 Å². The predicted molar refractivity (Wildman–Crippen MR) is 47.0 cm³/mol. The third-order valence-electron chi connectivity index (χ3n) is 1.96. The van der Waals surface area contributed by atoms with E-state index in [4.69, 9.17) is 4.74 Å². The lowest BCUT2D eigenvalue weighted by atomic mass is 10.0. The third-order valence-corrected chi connectivity index (χ3v) is 2.51. The first kappa shape index (κ1) is 9.20. The SMILES string of the molecule is CC1(C)CCC(C(=O)CBr)O1. The number of hydrogen-bond donors (Lipinski definition) is 0. The van der Waals surface area contributed by atoms with E-state index in [1.54, 1.807) is 0 Å². The molecule has 1 fully saturated rings. The zero-order valence-corrected chi connectivity index (χ0v) is 8.48. The van der Waals surface area contributed by atoms with Gasteiger partial charge in [-0.25, -0.2) is 0 Å². The van der Waals surface area contributed by atoms with Gasteiger partial charge in [0.1, 0.15) is 6.10 Å². The molecule has 0 radical (unpaired) electrons. The van der Waals surface area contributed by atoms with Crippen LogP contribution in [0.1, 0.15) is 26.7 Å². The summed E-state index contributed by atoms with van der Waals surface area (Å²) in [6.45, 7) is 4.04. The topological polar surface area (TPSA) is 26.3 Å². The first-order valence-electron chi connectivity index (χ1n) is 3.82. The highest BCUT2D eigenvalue weighted by molar-refractivity contribution is 9.09. The lowest BCUT2D eigenvalue weighted by molar-refractivity contribution is -0.130. The molecule has 64 valence electrons. The molecule has 0 saturated carbocycles.